The van der Waals surface area contributed by atoms with E-state index in [1.54, 1.807) is 6.07 Å². The summed E-state index contributed by atoms with van der Waals surface area (Å²) < 4.78 is 6.73. The van der Waals surface area contributed by atoms with Crippen molar-refractivity contribution in [1.29, 1.82) is 0 Å². The van der Waals surface area contributed by atoms with Crippen molar-refractivity contribution in [2.45, 2.75) is 12.3 Å². The van der Waals surface area contributed by atoms with Gasteiger partial charge in [0.1, 0.15) is 16.7 Å². The SMILES string of the molecule is Nc1nc(Cl)cc(NCC2CCOc3ccc(Br)cc32)n1. The first-order valence-electron chi connectivity index (χ1n) is 6.58. The molecule has 2 heterocycles. The number of nitrogens with one attached hydrogen (secondary N) is 1. The van der Waals surface area contributed by atoms with Gasteiger partial charge in [-0.2, -0.15) is 4.98 Å². The van der Waals surface area contributed by atoms with Crippen LogP contribution in [-0.4, -0.2) is 23.1 Å². The second-order valence-corrected chi connectivity index (χ2v) is 6.13. The molecule has 0 aliphatic carbocycles. The van der Waals surface area contributed by atoms with Crippen LogP contribution >= 0.6 is 27.5 Å². The summed E-state index contributed by atoms with van der Waals surface area (Å²) in [5.41, 5.74) is 6.78. The molecule has 0 radical (unpaired) electrons. The van der Waals surface area contributed by atoms with Crippen molar-refractivity contribution < 1.29 is 4.74 Å². The number of benzene rings is 1. The van der Waals surface area contributed by atoms with Crippen molar-refractivity contribution in [1.82, 2.24) is 9.97 Å². The number of hydrogen-bond donors (Lipinski definition) is 2. The highest BCUT2D eigenvalue weighted by atomic mass is 79.9. The van der Waals surface area contributed by atoms with Crippen molar-refractivity contribution in [2.75, 3.05) is 24.2 Å². The lowest BCUT2D eigenvalue weighted by Gasteiger charge is -2.26. The molecule has 3 N–H and O–H groups in total. The summed E-state index contributed by atoms with van der Waals surface area (Å²) >= 11 is 9.38. The highest BCUT2D eigenvalue weighted by Gasteiger charge is 2.21. The molecule has 1 aliphatic heterocycles. The van der Waals surface area contributed by atoms with E-state index in [0.29, 0.717) is 23.5 Å². The summed E-state index contributed by atoms with van der Waals surface area (Å²) in [5.74, 6) is 2.09. The fourth-order valence-corrected chi connectivity index (χ4v) is 2.97. The highest BCUT2D eigenvalue weighted by Crippen LogP contribution is 2.35. The first kappa shape index (κ1) is 14.4. The second kappa shape index (κ2) is 6.07. The van der Waals surface area contributed by atoms with Crippen molar-refractivity contribution in [3.05, 3.63) is 39.5 Å². The number of nitrogen functional groups attached to an aromatic ring is 1. The van der Waals surface area contributed by atoms with E-state index in [-0.39, 0.29) is 5.95 Å². The Labute approximate surface area is 136 Å². The summed E-state index contributed by atoms with van der Waals surface area (Å²) in [6, 6.07) is 7.74. The molecule has 0 saturated heterocycles. The molecule has 1 aromatic heterocycles. The van der Waals surface area contributed by atoms with Gasteiger partial charge in [-0.1, -0.05) is 27.5 Å². The van der Waals surface area contributed by atoms with E-state index in [1.807, 2.05) is 12.1 Å². The number of nitrogens with two attached hydrogens (primary N) is 1. The van der Waals surface area contributed by atoms with Gasteiger partial charge in [0.05, 0.1) is 6.61 Å². The predicted molar refractivity (Wildman–Crippen MR) is 86.9 cm³/mol. The lowest BCUT2D eigenvalue weighted by atomic mass is 9.93. The van der Waals surface area contributed by atoms with Gasteiger partial charge in [0.2, 0.25) is 5.95 Å². The van der Waals surface area contributed by atoms with Crippen LogP contribution < -0.4 is 15.8 Å². The number of halogens is 2. The lowest BCUT2D eigenvalue weighted by Crippen LogP contribution is -2.21. The van der Waals surface area contributed by atoms with Crippen LogP contribution in [0, 0.1) is 0 Å². The number of hydrogen-bond acceptors (Lipinski definition) is 5. The molecule has 1 atom stereocenters. The summed E-state index contributed by atoms with van der Waals surface area (Å²) in [4.78, 5) is 7.97. The predicted octanol–water partition coefficient (Wildman–Crippen LogP) is 3.45. The Morgan fingerprint density at radius 2 is 2.24 bits per heavy atom. The molecule has 3 rings (SSSR count). The van der Waals surface area contributed by atoms with Crippen molar-refractivity contribution in [3.8, 4) is 5.75 Å². The van der Waals surface area contributed by atoms with E-state index in [4.69, 9.17) is 22.1 Å². The Balaban J connectivity index is 1.76. The number of ether oxygens (including phenoxy) is 1. The minimum Gasteiger partial charge on any atom is -0.493 e. The molecular weight excluding hydrogens is 356 g/mol. The Bertz CT molecular complexity index is 647. The molecular formula is C14H14BrClN4O. The van der Waals surface area contributed by atoms with E-state index in [9.17, 15) is 0 Å². The van der Waals surface area contributed by atoms with Crippen LogP contribution in [0.4, 0.5) is 11.8 Å². The molecule has 7 heteroatoms. The van der Waals surface area contributed by atoms with Crippen LogP contribution in [0.5, 0.6) is 5.75 Å². The number of rotatable bonds is 3. The normalized spacial score (nSPS) is 17.0. The Morgan fingerprint density at radius 1 is 1.38 bits per heavy atom. The van der Waals surface area contributed by atoms with Gasteiger partial charge >= 0.3 is 0 Å². The molecule has 0 saturated carbocycles. The standard InChI is InChI=1S/C14H14BrClN4O/c15-9-1-2-11-10(5-9)8(3-4-21-11)7-18-13-6-12(16)19-14(17)20-13/h1-2,5-6,8H,3-4,7H2,(H3,17,18,19,20). The van der Waals surface area contributed by atoms with E-state index in [1.165, 1.54) is 5.56 Å². The van der Waals surface area contributed by atoms with E-state index in [2.05, 4.69) is 37.3 Å². The zero-order chi connectivity index (χ0) is 14.8. The summed E-state index contributed by atoms with van der Waals surface area (Å²) in [6.07, 6.45) is 0.949. The number of fused-ring (bicyclic) bond motifs is 1. The van der Waals surface area contributed by atoms with E-state index in [0.717, 1.165) is 23.2 Å². The highest BCUT2D eigenvalue weighted by molar-refractivity contribution is 9.10. The topological polar surface area (TPSA) is 73.1 Å². The van der Waals surface area contributed by atoms with Gasteiger partial charge in [0.15, 0.2) is 0 Å². The van der Waals surface area contributed by atoms with Gasteiger partial charge in [-0.3, -0.25) is 0 Å². The third kappa shape index (κ3) is 3.39. The first-order valence-corrected chi connectivity index (χ1v) is 7.75. The third-order valence-corrected chi connectivity index (χ3v) is 4.06. The zero-order valence-corrected chi connectivity index (χ0v) is 13.5. The van der Waals surface area contributed by atoms with Crippen LogP contribution in [0.2, 0.25) is 5.15 Å². The van der Waals surface area contributed by atoms with Crippen LogP contribution in [0.25, 0.3) is 0 Å². The molecule has 110 valence electrons. The van der Waals surface area contributed by atoms with Crippen molar-refractivity contribution in [3.63, 3.8) is 0 Å². The maximum Gasteiger partial charge on any atom is 0.223 e. The van der Waals surface area contributed by atoms with Gasteiger partial charge in [-0.05, 0) is 24.6 Å². The molecule has 5 nitrogen and oxygen atoms in total. The number of anilines is 2. The van der Waals surface area contributed by atoms with Crippen molar-refractivity contribution in [2.24, 2.45) is 0 Å². The molecule has 1 aliphatic rings. The van der Waals surface area contributed by atoms with Gasteiger partial charge in [0, 0.05) is 28.6 Å². The summed E-state index contributed by atoms with van der Waals surface area (Å²) in [5, 5.41) is 3.60. The Kier molecular flexibility index (Phi) is 4.17. The second-order valence-electron chi connectivity index (χ2n) is 4.83. The third-order valence-electron chi connectivity index (χ3n) is 3.38. The van der Waals surface area contributed by atoms with Crippen LogP contribution in [0.15, 0.2) is 28.7 Å². The lowest BCUT2D eigenvalue weighted by molar-refractivity contribution is 0.270. The van der Waals surface area contributed by atoms with Gasteiger partial charge in [0.25, 0.3) is 0 Å². The van der Waals surface area contributed by atoms with E-state index >= 15 is 0 Å². The molecule has 0 fully saturated rings. The average molecular weight is 370 g/mol. The molecule has 1 unspecified atom stereocenters. The molecule has 0 amide bonds. The molecule has 1 aromatic carbocycles. The minimum atomic E-state index is 0.167. The van der Waals surface area contributed by atoms with Gasteiger partial charge in [-0.25, -0.2) is 4.98 Å². The summed E-state index contributed by atoms with van der Waals surface area (Å²) in [7, 11) is 0. The summed E-state index contributed by atoms with van der Waals surface area (Å²) in [6.45, 7) is 1.45. The fraction of sp³-hybridized carbons (Fsp3) is 0.286. The molecule has 0 bridgehead atoms. The van der Waals surface area contributed by atoms with Gasteiger partial charge < -0.3 is 15.8 Å². The van der Waals surface area contributed by atoms with E-state index < -0.39 is 0 Å². The van der Waals surface area contributed by atoms with Crippen LogP contribution in [0.3, 0.4) is 0 Å². The van der Waals surface area contributed by atoms with Crippen LogP contribution in [-0.2, 0) is 0 Å². The Hall–Kier alpha value is -1.53. The molecule has 2 aromatic rings. The Morgan fingerprint density at radius 3 is 3.05 bits per heavy atom. The number of aromatic nitrogens is 2. The monoisotopic (exact) mass is 368 g/mol. The fourth-order valence-electron chi connectivity index (χ4n) is 2.40. The minimum absolute atomic E-state index is 0.167. The molecule has 21 heavy (non-hydrogen) atoms. The maximum absolute atomic E-state index is 5.88. The van der Waals surface area contributed by atoms with Crippen LogP contribution in [0.1, 0.15) is 17.9 Å². The van der Waals surface area contributed by atoms with Gasteiger partial charge in [-0.15, -0.1) is 0 Å². The quantitative estimate of drug-likeness (QED) is 0.811. The van der Waals surface area contributed by atoms with Crippen molar-refractivity contribution >= 4 is 39.3 Å². The maximum atomic E-state index is 5.88. The number of nitrogens with zero attached hydrogens (tertiary/aromatic N) is 2. The first-order chi connectivity index (χ1) is 10.1. The smallest absolute Gasteiger partial charge is 0.223 e. The largest absolute Gasteiger partial charge is 0.493 e. The zero-order valence-electron chi connectivity index (χ0n) is 11.1. The average Bonchev–Trinajstić information content (AvgIpc) is 2.44. The molecule has 0 spiro atoms.